The molecule has 0 unspecified atom stereocenters. The Morgan fingerprint density at radius 2 is 1.68 bits per heavy atom. The highest BCUT2D eigenvalue weighted by atomic mass is 35.5. The second kappa shape index (κ2) is 10.0. The first-order chi connectivity index (χ1) is 19.3. The van der Waals surface area contributed by atoms with E-state index in [2.05, 4.69) is 5.16 Å². The van der Waals surface area contributed by atoms with Crippen molar-refractivity contribution < 1.29 is 34.2 Å². The van der Waals surface area contributed by atoms with E-state index < -0.39 is 23.2 Å². The summed E-state index contributed by atoms with van der Waals surface area (Å²) in [6, 6.07) is 15.4. The van der Waals surface area contributed by atoms with Crippen LogP contribution < -0.4 is 4.74 Å². The van der Waals surface area contributed by atoms with Gasteiger partial charge in [-0.25, -0.2) is 9.36 Å². The molecule has 0 radical (unpaired) electrons. The maximum Gasteiger partial charge on any atom is 0.418 e. The Labute approximate surface area is 240 Å². The first-order valence-electron chi connectivity index (χ1n) is 12.6. The molecule has 9 nitrogen and oxygen atoms in total. The number of para-hydroxylation sites is 1. The van der Waals surface area contributed by atoms with Gasteiger partial charge in [0.2, 0.25) is 17.4 Å². The van der Waals surface area contributed by atoms with Gasteiger partial charge in [-0.15, -0.1) is 0 Å². The standard InChI is InChI=1S/C31H27ClN2O7/c1-15-13-22(41-33-15)28(36)25-24-20(34(29(25)37)30(38)39)14-19(32)23(26(24)31(2,3)4)17-11-9-16(10-12-17)18-7-6-8-21(40-5)27(18)35/h6-14,35,37H,1-5H3,(H,38,39). The lowest BCUT2D eigenvalue weighted by atomic mass is 9.78. The second-order valence-corrected chi connectivity index (χ2v) is 11.1. The Bertz CT molecular complexity index is 1840. The van der Waals surface area contributed by atoms with Gasteiger partial charge in [0.1, 0.15) is 0 Å². The highest BCUT2D eigenvalue weighted by Gasteiger charge is 2.35. The van der Waals surface area contributed by atoms with Gasteiger partial charge < -0.3 is 24.6 Å². The van der Waals surface area contributed by atoms with Crippen molar-refractivity contribution in [3.05, 3.63) is 82.2 Å². The molecule has 0 amide bonds. The maximum absolute atomic E-state index is 13.7. The summed E-state index contributed by atoms with van der Waals surface area (Å²) >= 11 is 6.85. The molecular weight excluding hydrogens is 548 g/mol. The van der Waals surface area contributed by atoms with Crippen molar-refractivity contribution in [1.82, 2.24) is 9.72 Å². The highest BCUT2D eigenvalue weighted by molar-refractivity contribution is 6.35. The number of phenols is 1. The number of aryl methyl sites for hydroxylation is 1. The Balaban J connectivity index is 1.81. The Kier molecular flexibility index (Phi) is 6.79. The zero-order valence-corrected chi connectivity index (χ0v) is 23.7. The molecule has 41 heavy (non-hydrogen) atoms. The summed E-state index contributed by atoms with van der Waals surface area (Å²) in [5.41, 5.74) is 2.74. The molecule has 0 bridgehead atoms. The number of halogens is 1. The number of rotatable bonds is 5. The van der Waals surface area contributed by atoms with Crippen molar-refractivity contribution >= 4 is 34.4 Å². The number of ether oxygens (including phenoxy) is 1. The van der Waals surface area contributed by atoms with Gasteiger partial charge in [0.05, 0.1) is 28.9 Å². The number of carbonyl (C=O) groups excluding carboxylic acids is 1. The second-order valence-electron chi connectivity index (χ2n) is 10.7. The third-order valence-electron chi connectivity index (χ3n) is 6.91. The summed E-state index contributed by atoms with van der Waals surface area (Å²) in [5.74, 6) is -1.24. The monoisotopic (exact) mass is 574 g/mol. The first kappa shape index (κ1) is 27.8. The number of ketones is 1. The van der Waals surface area contributed by atoms with Crippen LogP contribution in [0.3, 0.4) is 0 Å². The van der Waals surface area contributed by atoms with Crippen LogP contribution in [-0.2, 0) is 5.41 Å². The largest absolute Gasteiger partial charge is 0.504 e. The van der Waals surface area contributed by atoms with Crippen molar-refractivity contribution in [1.29, 1.82) is 0 Å². The van der Waals surface area contributed by atoms with Crippen LogP contribution in [0.15, 0.2) is 59.1 Å². The molecule has 210 valence electrons. The van der Waals surface area contributed by atoms with Gasteiger partial charge in [-0.05, 0) is 41.2 Å². The van der Waals surface area contributed by atoms with Crippen molar-refractivity contribution in [2.24, 2.45) is 0 Å². The van der Waals surface area contributed by atoms with Gasteiger partial charge in [-0.2, -0.15) is 0 Å². The van der Waals surface area contributed by atoms with E-state index in [1.807, 2.05) is 45.0 Å². The van der Waals surface area contributed by atoms with Crippen LogP contribution in [0.25, 0.3) is 33.2 Å². The van der Waals surface area contributed by atoms with Gasteiger partial charge >= 0.3 is 6.09 Å². The minimum Gasteiger partial charge on any atom is -0.504 e. The number of aromatic hydroxyl groups is 2. The van der Waals surface area contributed by atoms with E-state index in [0.717, 1.165) is 5.56 Å². The minimum atomic E-state index is -1.48. The number of benzene rings is 3. The third kappa shape index (κ3) is 4.58. The summed E-state index contributed by atoms with van der Waals surface area (Å²) in [5, 5.41) is 36.0. The fourth-order valence-electron chi connectivity index (χ4n) is 5.18. The van der Waals surface area contributed by atoms with Crippen LogP contribution in [0.5, 0.6) is 17.4 Å². The fourth-order valence-corrected chi connectivity index (χ4v) is 5.48. The van der Waals surface area contributed by atoms with E-state index in [1.54, 1.807) is 25.1 Å². The smallest absolute Gasteiger partial charge is 0.418 e. The van der Waals surface area contributed by atoms with Gasteiger partial charge in [-0.1, -0.05) is 73.9 Å². The molecule has 3 N–H and O–H groups in total. The van der Waals surface area contributed by atoms with E-state index in [-0.39, 0.29) is 33.0 Å². The van der Waals surface area contributed by atoms with Crippen molar-refractivity contribution in [3.63, 3.8) is 0 Å². The van der Waals surface area contributed by atoms with E-state index in [4.69, 9.17) is 20.9 Å². The van der Waals surface area contributed by atoms with E-state index >= 15 is 0 Å². The van der Waals surface area contributed by atoms with Gasteiger partial charge in [-0.3, -0.25) is 4.79 Å². The maximum atomic E-state index is 13.7. The Morgan fingerprint density at radius 3 is 2.24 bits per heavy atom. The topological polar surface area (TPSA) is 135 Å². The number of phenolic OH excluding ortho intramolecular Hbond substituents is 1. The molecule has 0 aliphatic carbocycles. The molecule has 0 aliphatic heterocycles. The molecule has 0 atom stereocenters. The number of carbonyl (C=O) groups is 2. The Morgan fingerprint density at radius 1 is 1.02 bits per heavy atom. The zero-order chi connectivity index (χ0) is 29.8. The molecule has 0 aliphatic rings. The van der Waals surface area contributed by atoms with Crippen LogP contribution in [-0.4, -0.2) is 44.0 Å². The van der Waals surface area contributed by atoms with Gasteiger partial charge in [0.15, 0.2) is 11.5 Å². The summed E-state index contributed by atoms with van der Waals surface area (Å²) in [6.45, 7) is 7.37. The third-order valence-corrected chi connectivity index (χ3v) is 7.21. The normalized spacial score (nSPS) is 11.7. The molecule has 0 fully saturated rings. The molecule has 2 heterocycles. The number of methoxy groups -OCH3 is 1. The molecule has 10 heteroatoms. The summed E-state index contributed by atoms with van der Waals surface area (Å²) in [6.07, 6.45) is -1.48. The van der Waals surface area contributed by atoms with E-state index in [1.165, 1.54) is 19.2 Å². The summed E-state index contributed by atoms with van der Waals surface area (Å²) in [4.78, 5) is 25.9. The molecule has 2 aromatic heterocycles. The molecule has 0 saturated carbocycles. The van der Waals surface area contributed by atoms with Gasteiger partial charge in [0.25, 0.3) is 0 Å². The summed E-state index contributed by atoms with van der Waals surface area (Å²) < 4.78 is 11.1. The average molecular weight is 575 g/mol. The molecule has 0 spiro atoms. The summed E-state index contributed by atoms with van der Waals surface area (Å²) in [7, 11) is 1.48. The van der Waals surface area contributed by atoms with Crippen LogP contribution >= 0.6 is 11.6 Å². The van der Waals surface area contributed by atoms with Gasteiger partial charge in [0, 0.05) is 22.6 Å². The first-order valence-corrected chi connectivity index (χ1v) is 13.0. The number of fused-ring (bicyclic) bond motifs is 1. The molecule has 3 aromatic carbocycles. The number of hydrogen-bond donors (Lipinski definition) is 3. The lowest BCUT2D eigenvalue weighted by Crippen LogP contribution is -2.15. The number of carboxylic acid groups (broad SMARTS) is 1. The van der Waals surface area contributed by atoms with Crippen molar-refractivity contribution in [3.8, 4) is 39.6 Å². The lowest BCUT2D eigenvalue weighted by molar-refractivity contribution is 0.0999. The van der Waals surface area contributed by atoms with Crippen molar-refractivity contribution in [2.75, 3.05) is 7.11 Å². The van der Waals surface area contributed by atoms with E-state index in [9.17, 15) is 24.9 Å². The quantitative estimate of drug-likeness (QED) is 0.185. The lowest BCUT2D eigenvalue weighted by Gasteiger charge is -2.26. The molecular formula is C31H27ClN2O7. The predicted molar refractivity (Wildman–Crippen MR) is 154 cm³/mol. The van der Waals surface area contributed by atoms with Crippen LogP contribution in [0.4, 0.5) is 4.79 Å². The SMILES string of the molecule is COc1cccc(-c2ccc(-c3c(Cl)cc4c(c(C(=O)c5cc(C)no5)c(O)n4C(=O)O)c3C(C)(C)C)cc2)c1O. The number of aromatic nitrogens is 2. The average Bonchev–Trinajstić information content (AvgIpc) is 3.47. The molecule has 5 aromatic rings. The van der Waals surface area contributed by atoms with Crippen LogP contribution in [0.1, 0.15) is 48.1 Å². The minimum absolute atomic E-state index is 0.00822. The predicted octanol–water partition coefficient (Wildman–Crippen LogP) is 7.40. The fraction of sp³-hybridized carbons (Fsp3) is 0.194. The number of nitrogens with zero attached hydrogens (tertiary/aromatic N) is 2. The van der Waals surface area contributed by atoms with Crippen LogP contribution in [0, 0.1) is 6.92 Å². The molecule has 0 saturated heterocycles. The van der Waals surface area contributed by atoms with Crippen LogP contribution in [0.2, 0.25) is 5.02 Å². The number of hydrogen-bond acceptors (Lipinski definition) is 7. The van der Waals surface area contributed by atoms with E-state index in [0.29, 0.717) is 38.3 Å². The van der Waals surface area contributed by atoms with Crippen molar-refractivity contribution in [2.45, 2.75) is 33.1 Å². The zero-order valence-electron chi connectivity index (χ0n) is 22.9. The molecule has 5 rings (SSSR count). The Hall–Kier alpha value is -4.76. The highest BCUT2D eigenvalue weighted by Crippen LogP contribution is 2.48.